The molecule has 1 heterocycles. The Kier molecular flexibility index (Phi) is 7.48. The molecule has 3 aromatic rings. The fraction of sp³-hybridized carbons (Fsp3) is 0.296. The van der Waals surface area contributed by atoms with E-state index in [4.69, 9.17) is 16.3 Å². The lowest BCUT2D eigenvalue weighted by atomic mass is 9.94. The third-order valence-electron chi connectivity index (χ3n) is 6.30. The molecule has 0 radical (unpaired) electrons. The summed E-state index contributed by atoms with van der Waals surface area (Å²) in [6.07, 6.45) is 1.10. The van der Waals surface area contributed by atoms with Crippen LogP contribution in [0, 0.1) is 5.92 Å². The van der Waals surface area contributed by atoms with Crippen molar-refractivity contribution in [1.29, 1.82) is 0 Å². The van der Waals surface area contributed by atoms with E-state index in [2.05, 4.69) is 0 Å². The van der Waals surface area contributed by atoms with Crippen molar-refractivity contribution in [3.05, 3.63) is 82.9 Å². The molecule has 0 N–H and O–H groups in total. The van der Waals surface area contributed by atoms with Gasteiger partial charge in [-0.1, -0.05) is 60.1 Å². The second-order valence-corrected chi connectivity index (χ2v) is 8.93. The minimum atomic E-state index is -0.467. The number of benzene rings is 3. The Balaban J connectivity index is 1.43. The topological polar surface area (TPSA) is 66.9 Å². The van der Waals surface area contributed by atoms with Crippen LogP contribution < -0.4 is 0 Å². The molecule has 0 saturated carbocycles. The van der Waals surface area contributed by atoms with Gasteiger partial charge in [0.05, 0.1) is 7.11 Å². The van der Waals surface area contributed by atoms with Crippen LogP contribution in [0.5, 0.6) is 0 Å². The number of carbonyl (C=O) groups is 3. The number of methoxy groups -OCH3 is 1. The van der Waals surface area contributed by atoms with Crippen molar-refractivity contribution in [3.63, 3.8) is 0 Å². The zero-order valence-corrected chi connectivity index (χ0v) is 19.8. The largest absolute Gasteiger partial charge is 0.468 e. The summed E-state index contributed by atoms with van der Waals surface area (Å²) in [6, 6.07) is 20.8. The van der Waals surface area contributed by atoms with Gasteiger partial charge in [-0.05, 0) is 47.4 Å². The van der Waals surface area contributed by atoms with E-state index in [1.54, 1.807) is 12.1 Å². The smallest absolute Gasteiger partial charge is 0.325 e. The number of rotatable bonds is 6. The van der Waals surface area contributed by atoms with E-state index in [9.17, 15) is 14.4 Å². The van der Waals surface area contributed by atoms with Gasteiger partial charge in [0.1, 0.15) is 6.54 Å². The average Bonchev–Trinajstić information content (AvgIpc) is 2.88. The van der Waals surface area contributed by atoms with Gasteiger partial charge in [0.25, 0.3) is 5.91 Å². The highest BCUT2D eigenvalue weighted by atomic mass is 35.5. The molecule has 4 rings (SSSR count). The minimum absolute atomic E-state index is 0.0183. The van der Waals surface area contributed by atoms with Crippen LogP contribution in [0.4, 0.5) is 0 Å². The summed E-state index contributed by atoms with van der Waals surface area (Å²) < 4.78 is 4.80. The van der Waals surface area contributed by atoms with Crippen LogP contribution in [0.15, 0.2) is 66.7 Å². The van der Waals surface area contributed by atoms with Crippen molar-refractivity contribution < 1.29 is 19.1 Å². The highest BCUT2D eigenvalue weighted by Crippen LogP contribution is 2.25. The van der Waals surface area contributed by atoms with E-state index >= 15 is 0 Å². The number of hydrogen-bond donors (Lipinski definition) is 0. The number of likely N-dealkylation sites (tertiary alicyclic amines) is 1. The van der Waals surface area contributed by atoms with E-state index in [0.717, 1.165) is 16.3 Å². The van der Waals surface area contributed by atoms with Gasteiger partial charge in [-0.2, -0.15) is 0 Å². The lowest BCUT2D eigenvalue weighted by molar-refractivity contribution is -0.149. The van der Waals surface area contributed by atoms with Gasteiger partial charge in [-0.3, -0.25) is 14.4 Å². The van der Waals surface area contributed by atoms with Gasteiger partial charge in [-0.25, -0.2) is 0 Å². The summed E-state index contributed by atoms with van der Waals surface area (Å²) >= 11 is 5.97. The molecule has 7 heteroatoms. The molecular formula is C27H27ClN2O4. The second kappa shape index (κ2) is 10.7. The van der Waals surface area contributed by atoms with Crippen molar-refractivity contribution in [2.24, 2.45) is 5.92 Å². The number of hydrogen-bond acceptors (Lipinski definition) is 4. The Morgan fingerprint density at radius 2 is 1.65 bits per heavy atom. The van der Waals surface area contributed by atoms with Crippen LogP contribution >= 0.6 is 11.6 Å². The molecule has 0 aliphatic carbocycles. The number of nitrogens with zero attached hydrogens (tertiary/aromatic N) is 2. The van der Waals surface area contributed by atoms with Crippen LogP contribution in [0.1, 0.15) is 28.8 Å². The number of amides is 2. The lowest BCUT2D eigenvalue weighted by Gasteiger charge is -2.34. The van der Waals surface area contributed by atoms with Crippen LogP contribution in [0.3, 0.4) is 0 Å². The summed E-state index contributed by atoms with van der Waals surface area (Å²) in [6.45, 7) is 1.16. The molecule has 34 heavy (non-hydrogen) atoms. The third kappa shape index (κ3) is 5.39. The van der Waals surface area contributed by atoms with Crippen molar-refractivity contribution >= 4 is 40.2 Å². The Bertz CT molecular complexity index is 1180. The number of ether oxygens (including phenoxy) is 1. The monoisotopic (exact) mass is 478 g/mol. The zero-order valence-electron chi connectivity index (χ0n) is 19.1. The molecule has 0 atom stereocenters. The second-order valence-electron chi connectivity index (χ2n) is 8.49. The first kappa shape index (κ1) is 23.8. The Labute approximate surface area is 204 Å². The molecule has 176 valence electrons. The van der Waals surface area contributed by atoms with E-state index in [1.807, 2.05) is 59.5 Å². The van der Waals surface area contributed by atoms with Crippen LogP contribution in [-0.4, -0.2) is 54.3 Å². The molecule has 0 spiro atoms. The predicted octanol–water partition coefficient (Wildman–Crippen LogP) is 4.55. The van der Waals surface area contributed by atoms with Gasteiger partial charge in [0.2, 0.25) is 5.91 Å². The summed E-state index contributed by atoms with van der Waals surface area (Å²) in [5.74, 6) is -0.840. The van der Waals surface area contributed by atoms with Gasteiger partial charge < -0.3 is 14.5 Å². The van der Waals surface area contributed by atoms with Crippen LogP contribution in [0.2, 0.25) is 5.02 Å². The standard InChI is InChI=1S/C27H27ClN2O4/c1-34-25(31)18-30(17-19-9-11-22(28)12-10-19)26(32)21-13-15-29(16-14-21)27(33)24-8-4-6-20-5-2-3-7-23(20)24/h2-12,21H,13-18H2,1H3. The number of esters is 1. The van der Waals surface area contributed by atoms with Crippen molar-refractivity contribution in [2.45, 2.75) is 19.4 Å². The molecule has 0 aromatic heterocycles. The minimum Gasteiger partial charge on any atom is -0.468 e. The molecule has 1 aliphatic heterocycles. The first-order valence-electron chi connectivity index (χ1n) is 11.3. The van der Waals surface area contributed by atoms with Crippen LogP contribution in [0.25, 0.3) is 10.8 Å². The first-order valence-corrected chi connectivity index (χ1v) is 11.7. The van der Waals surface area contributed by atoms with Crippen molar-refractivity contribution in [3.8, 4) is 0 Å². The number of fused-ring (bicyclic) bond motifs is 1. The van der Waals surface area contributed by atoms with Crippen LogP contribution in [-0.2, 0) is 20.9 Å². The van der Waals surface area contributed by atoms with E-state index in [0.29, 0.717) is 43.1 Å². The maximum absolute atomic E-state index is 13.3. The SMILES string of the molecule is COC(=O)CN(Cc1ccc(Cl)cc1)C(=O)C1CCN(C(=O)c2cccc3ccccc23)CC1. The van der Waals surface area contributed by atoms with E-state index in [-0.39, 0.29) is 24.3 Å². The molecule has 2 amide bonds. The van der Waals surface area contributed by atoms with Gasteiger partial charge in [0, 0.05) is 36.1 Å². The molecule has 6 nitrogen and oxygen atoms in total. The highest BCUT2D eigenvalue weighted by molar-refractivity contribution is 6.30. The highest BCUT2D eigenvalue weighted by Gasteiger charge is 2.32. The number of carbonyl (C=O) groups excluding carboxylic acids is 3. The fourth-order valence-electron chi connectivity index (χ4n) is 4.41. The maximum atomic E-state index is 13.3. The number of piperidine rings is 1. The Morgan fingerprint density at radius 1 is 0.971 bits per heavy atom. The molecule has 0 unspecified atom stereocenters. The third-order valence-corrected chi connectivity index (χ3v) is 6.55. The molecule has 1 saturated heterocycles. The Hall–Kier alpha value is -3.38. The first-order chi connectivity index (χ1) is 16.5. The summed E-state index contributed by atoms with van der Waals surface area (Å²) in [7, 11) is 1.31. The van der Waals surface area contributed by atoms with Crippen molar-refractivity contribution in [2.75, 3.05) is 26.7 Å². The quantitative estimate of drug-likeness (QED) is 0.487. The molecular weight excluding hydrogens is 452 g/mol. The predicted molar refractivity (Wildman–Crippen MR) is 131 cm³/mol. The summed E-state index contributed by atoms with van der Waals surface area (Å²) in [5.41, 5.74) is 1.56. The molecule has 1 fully saturated rings. The maximum Gasteiger partial charge on any atom is 0.325 e. The molecule has 1 aliphatic rings. The Morgan fingerprint density at radius 3 is 2.35 bits per heavy atom. The average molecular weight is 479 g/mol. The van der Waals surface area contributed by atoms with Gasteiger partial charge in [-0.15, -0.1) is 0 Å². The molecule has 3 aromatic carbocycles. The van der Waals surface area contributed by atoms with E-state index in [1.165, 1.54) is 12.0 Å². The molecule has 0 bridgehead atoms. The normalized spacial score (nSPS) is 14.1. The van der Waals surface area contributed by atoms with E-state index < -0.39 is 5.97 Å². The number of halogens is 1. The summed E-state index contributed by atoms with van der Waals surface area (Å²) in [4.78, 5) is 41.9. The van der Waals surface area contributed by atoms with Crippen molar-refractivity contribution in [1.82, 2.24) is 9.80 Å². The zero-order chi connectivity index (χ0) is 24.1. The van der Waals surface area contributed by atoms with Gasteiger partial charge in [0.15, 0.2) is 0 Å². The fourth-order valence-corrected chi connectivity index (χ4v) is 4.54. The summed E-state index contributed by atoms with van der Waals surface area (Å²) in [5, 5.41) is 2.57. The lowest BCUT2D eigenvalue weighted by Crippen LogP contribution is -2.45. The van der Waals surface area contributed by atoms with Gasteiger partial charge >= 0.3 is 5.97 Å².